The first kappa shape index (κ1) is 16.9. The summed E-state index contributed by atoms with van der Waals surface area (Å²) >= 11 is 0. The SMILES string of the molecule is CC/C=C/CCCCCC/C=C/CCOC(C)=O. The Labute approximate surface area is 112 Å². The van der Waals surface area contributed by atoms with Gasteiger partial charge in [0.15, 0.2) is 0 Å². The van der Waals surface area contributed by atoms with E-state index in [1.165, 1.54) is 39.0 Å². The monoisotopic (exact) mass is 252 g/mol. The van der Waals surface area contributed by atoms with E-state index >= 15 is 0 Å². The van der Waals surface area contributed by atoms with E-state index in [1.807, 2.05) is 0 Å². The molecule has 0 aliphatic rings. The van der Waals surface area contributed by atoms with Crippen LogP contribution < -0.4 is 0 Å². The molecule has 0 amide bonds. The van der Waals surface area contributed by atoms with Gasteiger partial charge < -0.3 is 4.74 Å². The number of ether oxygens (including phenoxy) is 1. The molecule has 0 aliphatic heterocycles. The zero-order chi connectivity index (χ0) is 13.5. The summed E-state index contributed by atoms with van der Waals surface area (Å²) in [6.07, 6.45) is 18.4. The van der Waals surface area contributed by atoms with Crippen LogP contribution in [0.1, 0.15) is 65.2 Å². The lowest BCUT2D eigenvalue weighted by molar-refractivity contribution is -0.140. The molecule has 0 atom stereocenters. The summed E-state index contributed by atoms with van der Waals surface area (Å²) in [7, 11) is 0. The molecule has 0 saturated carbocycles. The lowest BCUT2D eigenvalue weighted by Gasteiger charge is -1.98. The third kappa shape index (κ3) is 14.9. The molecule has 0 unspecified atom stereocenters. The van der Waals surface area contributed by atoms with Crippen LogP contribution in [0, 0.1) is 0 Å². The molecule has 0 radical (unpaired) electrons. The molecule has 0 bridgehead atoms. The maximum atomic E-state index is 10.5. The zero-order valence-electron chi connectivity index (χ0n) is 12.0. The fourth-order valence-corrected chi connectivity index (χ4v) is 1.67. The Kier molecular flexibility index (Phi) is 13.2. The minimum atomic E-state index is -0.194. The quantitative estimate of drug-likeness (QED) is 0.300. The van der Waals surface area contributed by atoms with Crippen molar-refractivity contribution in [1.82, 2.24) is 0 Å². The summed E-state index contributed by atoms with van der Waals surface area (Å²) in [4.78, 5) is 10.5. The van der Waals surface area contributed by atoms with E-state index in [-0.39, 0.29) is 5.97 Å². The molecular formula is C16H28O2. The van der Waals surface area contributed by atoms with E-state index in [0.717, 1.165) is 19.3 Å². The number of hydrogen-bond donors (Lipinski definition) is 0. The molecule has 0 aliphatic carbocycles. The third-order valence-corrected chi connectivity index (χ3v) is 2.65. The van der Waals surface area contributed by atoms with E-state index in [1.54, 1.807) is 0 Å². The minimum absolute atomic E-state index is 0.194. The molecule has 2 heteroatoms. The summed E-state index contributed by atoms with van der Waals surface area (Å²) in [5.74, 6) is -0.194. The summed E-state index contributed by atoms with van der Waals surface area (Å²) in [6, 6.07) is 0. The Morgan fingerprint density at radius 2 is 1.44 bits per heavy atom. The zero-order valence-corrected chi connectivity index (χ0v) is 12.0. The standard InChI is InChI=1S/C16H28O2/c1-3-4-5-6-7-8-9-10-11-12-13-14-15-18-16(2)17/h4-5,12-13H,3,6-11,14-15H2,1-2H3/b5-4+,13-12+. The Balaban J connectivity index is 3.12. The van der Waals surface area contributed by atoms with Crippen molar-refractivity contribution >= 4 is 5.97 Å². The highest BCUT2D eigenvalue weighted by Crippen LogP contribution is 2.06. The van der Waals surface area contributed by atoms with Gasteiger partial charge in [-0.1, -0.05) is 44.1 Å². The molecule has 2 nitrogen and oxygen atoms in total. The molecule has 0 heterocycles. The number of carbonyl (C=O) groups is 1. The second-order valence-corrected chi connectivity index (χ2v) is 4.47. The van der Waals surface area contributed by atoms with Crippen LogP contribution in [0.3, 0.4) is 0 Å². The van der Waals surface area contributed by atoms with Crippen LogP contribution >= 0.6 is 0 Å². The Morgan fingerprint density at radius 1 is 0.889 bits per heavy atom. The van der Waals surface area contributed by atoms with E-state index in [9.17, 15) is 4.79 Å². The Hall–Kier alpha value is -1.05. The highest BCUT2D eigenvalue weighted by atomic mass is 16.5. The molecule has 0 aromatic carbocycles. The third-order valence-electron chi connectivity index (χ3n) is 2.65. The van der Waals surface area contributed by atoms with Gasteiger partial charge in [-0.25, -0.2) is 0 Å². The summed E-state index contributed by atoms with van der Waals surface area (Å²) in [5.41, 5.74) is 0. The van der Waals surface area contributed by atoms with Crippen molar-refractivity contribution in [3.63, 3.8) is 0 Å². The van der Waals surface area contributed by atoms with Gasteiger partial charge in [0.25, 0.3) is 0 Å². The Morgan fingerprint density at radius 3 is 2.00 bits per heavy atom. The number of esters is 1. The van der Waals surface area contributed by atoms with Crippen LogP contribution in [-0.2, 0) is 9.53 Å². The molecule has 0 fully saturated rings. The maximum Gasteiger partial charge on any atom is 0.302 e. The van der Waals surface area contributed by atoms with Gasteiger partial charge in [0.05, 0.1) is 6.61 Å². The smallest absolute Gasteiger partial charge is 0.302 e. The van der Waals surface area contributed by atoms with Crippen LogP contribution in [0.25, 0.3) is 0 Å². The van der Waals surface area contributed by atoms with Crippen molar-refractivity contribution < 1.29 is 9.53 Å². The molecular weight excluding hydrogens is 224 g/mol. The minimum Gasteiger partial charge on any atom is -0.466 e. The lowest BCUT2D eigenvalue weighted by atomic mass is 10.1. The van der Waals surface area contributed by atoms with Gasteiger partial charge in [0.2, 0.25) is 0 Å². The van der Waals surface area contributed by atoms with Crippen molar-refractivity contribution in [2.45, 2.75) is 65.2 Å². The van der Waals surface area contributed by atoms with Crippen LogP contribution in [0.5, 0.6) is 0 Å². The number of rotatable bonds is 11. The van der Waals surface area contributed by atoms with Gasteiger partial charge in [-0.3, -0.25) is 4.79 Å². The van der Waals surface area contributed by atoms with Gasteiger partial charge in [-0.05, 0) is 38.5 Å². The van der Waals surface area contributed by atoms with Gasteiger partial charge in [-0.2, -0.15) is 0 Å². The van der Waals surface area contributed by atoms with Gasteiger partial charge in [0, 0.05) is 6.92 Å². The predicted molar refractivity (Wildman–Crippen MR) is 77.5 cm³/mol. The summed E-state index contributed by atoms with van der Waals surface area (Å²) in [5, 5.41) is 0. The van der Waals surface area contributed by atoms with E-state index in [4.69, 9.17) is 4.74 Å². The topological polar surface area (TPSA) is 26.3 Å². The molecule has 0 spiro atoms. The first-order chi connectivity index (χ1) is 8.77. The number of allylic oxidation sites excluding steroid dienone is 3. The number of carbonyl (C=O) groups excluding carboxylic acids is 1. The van der Waals surface area contributed by atoms with Gasteiger partial charge in [0.1, 0.15) is 0 Å². The van der Waals surface area contributed by atoms with Crippen molar-refractivity contribution in [1.29, 1.82) is 0 Å². The highest BCUT2D eigenvalue weighted by molar-refractivity contribution is 5.65. The first-order valence-electron chi connectivity index (χ1n) is 7.20. The number of unbranched alkanes of at least 4 members (excludes halogenated alkanes) is 5. The fourth-order valence-electron chi connectivity index (χ4n) is 1.67. The predicted octanol–water partition coefficient (Wildman–Crippen LogP) is 4.80. The van der Waals surface area contributed by atoms with Crippen molar-refractivity contribution in [3.8, 4) is 0 Å². The van der Waals surface area contributed by atoms with Crippen LogP contribution in [-0.4, -0.2) is 12.6 Å². The average molecular weight is 252 g/mol. The van der Waals surface area contributed by atoms with Gasteiger partial charge in [-0.15, -0.1) is 0 Å². The van der Waals surface area contributed by atoms with Crippen LogP contribution in [0.15, 0.2) is 24.3 Å². The molecule has 0 aromatic rings. The van der Waals surface area contributed by atoms with Crippen molar-refractivity contribution in [2.75, 3.05) is 6.61 Å². The molecule has 0 N–H and O–H groups in total. The van der Waals surface area contributed by atoms with Crippen molar-refractivity contribution in [2.24, 2.45) is 0 Å². The first-order valence-corrected chi connectivity index (χ1v) is 7.20. The highest BCUT2D eigenvalue weighted by Gasteiger charge is 1.89. The Bertz CT molecular complexity index is 241. The summed E-state index contributed by atoms with van der Waals surface area (Å²) < 4.78 is 4.84. The average Bonchev–Trinajstić information content (AvgIpc) is 2.34. The van der Waals surface area contributed by atoms with Crippen molar-refractivity contribution in [3.05, 3.63) is 24.3 Å². The second-order valence-electron chi connectivity index (χ2n) is 4.47. The van der Waals surface area contributed by atoms with Crippen LogP contribution in [0.2, 0.25) is 0 Å². The normalized spacial score (nSPS) is 11.4. The maximum absolute atomic E-state index is 10.5. The van der Waals surface area contributed by atoms with E-state index < -0.39 is 0 Å². The summed E-state index contributed by atoms with van der Waals surface area (Å²) in [6.45, 7) is 4.12. The largest absolute Gasteiger partial charge is 0.466 e. The molecule has 0 saturated heterocycles. The lowest BCUT2D eigenvalue weighted by Crippen LogP contribution is -1.98. The van der Waals surface area contributed by atoms with E-state index in [2.05, 4.69) is 31.2 Å². The fraction of sp³-hybridized carbons (Fsp3) is 0.688. The van der Waals surface area contributed by atoms with Gasteiger partial charge >= 0.3 is 5.97 Å². The molecule has 18 heavy (non-hydrogen) atoms. The van der Waals surface area contributed by atoms with E-state index in [0.29, 0.717) is 6.61 Å². The molecule has 0 rings (SSSR count). The van der Waals surface area contributed by atoms with Crippen LogP contribution in [0.4, 0.5) is 0 Å². The molecule has 0 aromatic heterocycles. The molecule has 104 valence electrons. The number of hydrogen-bond acceptors (Lipinski definition) is 2. The second kappa shape index (κ2) is 14.0.